The van der Waals surface area contributed by atoms with Crippen molar-refractivity contribution in [2.24, 2.45) is 0 Å². The molecular weight excluding hydrogens is 289 g/mol. The van der Waals surface area contributed by atoms with Gasteiger partial charge in [-0.15, -0.1) is 0 Å². The Balaban J connectivity index is 1.88. The Kier molecular flexibility index (Phi) is 4.17. The molecule has 2 aromatic heterocycles. The van der Waals surface area contributed by atoms with Crippen molar-refractivity contribution in [1.29, 1.82) is 0 Å². The van der Waals surface area contributed by atoms with Crippen LogP contribution in [0, 0.1) is 5.82 Å². The number of aromatic nitrogens is 2. The summed E-state index contributed by atoms with van der Waals surface area (Å²) in [5.74, 6) is 0.0791. The third-order valence-electron chi connectivity index (χ3n) is 3.65. The molecule has 1 fully saturated rings. The van der Waals surface area contributed by atoms with Gasteiger partial charge in [0.15, 0.2) is 11.6 Å². The van der Waals surface area contributed by atoms with E-state index in [4.69, 9.17) is 4.74 Å². The van der Waals surface area contributed by atoms with Gasteiger partial charge in [-0.1, -0.05) is 6.92 Å². The number of ether oxygens (including phenoxy) is 1. The second-order valence-corrected chi connectivity index (χ2v) is 5.99. The van der Waals surface area contributed by atoms with E-state index in [1.807, 2.05) is 24.1 Å². The van der Waals surface area contributed by atoms with Crippen LogP contribution in [0.3, 0.4) is 0 Å². The highest BCUT2D eigenvalue weighted by Crippen LogP contribution is 2.30. The van der Waals surface area contributed by atoms with Crippen LogP contribution in [0.4, 0.5) is 10.2 Å². The zero-order valence-corrected chi connectivity index (χ0v) is 12.9. The normalized spacial score (nSPS) is 22.5. The molecule has 2 aromatic rings. The Morgan fingerprint density at radius 2 is 2.29 bits per heavy atom. The number of rotatable bonds is 3. The van der Waals surface area contributed by atoms with Gasteiger partial charge in [0, 0.05) is 6.54 Å². The molecule has 0 aromatic carbocycles. The molecule has 112 valence electrons. The number of aryl methyl sites for hydroxylation is 1. The molecule has 21 heavy (non-hydrogen) atoms. The number of morpholine rings is 1. The maximum absolute atomic E-state index is 14.4. The van der Waals surface area contributed by atoms with E-state index in [-0.39, 0.29) is 18.0 Å². The van der Waals surface area contributed by atoms with Crippen LogP contribution in [0.1, 0.15) is 31.2 Å². The summed E-state index contributed by atoms with van der Waals surface area (Å²) in [6, 6.07) is 2.05. The maximum Gasteiger partial charge on any atom is 0.187 e. The van der Waals surface area contributed by atoms with Crippen LogP contribution in [0.25, 0.3) is 0 Å². The van der Waals surface area contributed by atoms with Crippen LogP contribution in [-0.4, -0.2) is 29.2 Å². The summed E-state index contributed by atoms with van der Waals surface area (Å²) in [7, 11) is 0. The highest BCUT2D eigenvalue weighted by molar-refractivity contribution is 7.07. The fraction of sp³-hybridized carbons (Fsp3) is 0.467. The molecule has 0 saturated carbocycles. The Hall–Kier alpha value is -1.53. The Labute approximate surface area is 127 Å². The van der Waals surface area contributed by atoms with Crippen LogP contribution in [0.15, 0.2) is 23.2 Å². The predicted octanol–water partition coefficient (Wildman–Crippen LogP) is 3.21. The minimum absolute atomic E-state index is 0.0306. The van der Waals surface area contributed by atoms with Gasteiger partial charge in [-0.2, -0.15) is 11.3 Å². The van der Waals surface area contributed by atoms with Crippen molar-refractivity contribution in [3.05, 3.63) is 40.2 Å². The highest BCUT2D eigenvalue weighted by atomic mass is 32.1. The van der Waals surface area contributed by atoms with Gasteiger partial charge in [-0.25, -0.2) is 14.4 Å². The van der Waals surface area contributed by atoms with Crippen molar-refractivity contribution >= 4 is 17.2 Å². The van der Waals surface area contributed by atoms with Crippen LogP contribution >= 0.6 is 11.3 Å². The van der Waals surface area contributed by atoms with Gasteiger partial charge in [-0.3, -0.25) is 0 Å². The van der Waals surface area contributed by atoms with E-state index in [1.54, 1.807) is 11.3 Å². The zero-order valence-electron chi connectivity index (χ0n) is 12.1. The lowest BCUT2D eigenvalue weighted by molar-refractivity contribution is -0.0176. The minimum atomic E-state index is -0.307. The number of anilines is 1. The number of hydrogen-bond donors (Lipinski definition) is 0. The fourth-order valence-electron chi connectivity index (χ4n) is 2.63. The van der Waals surface area contributed by atoms with Crippen LogP contribution < -0.4 is 4.90 Å². The van der Waals surface area contributed by atoms with E-state index >= 15 is 0 Å². The van der Waals surface area contributed by atoms with Crippen LogP contribution in [-0.2, 0) is 11.2 Å². The second kappa shape index (κ2) is 6.07. The Morgan fingerprint density at radius 3 is 3.00 bits per heavy atom. The molecule has 0 amide bonds. The fourth-order valence-corrected chi connectivity index (χ4v) is 3.33. The molecule has 0 N–H and O–H groups in total. The lowest BCUT2D eigenvalue weighted by Crippen LogP contribution is -2.43. The highest BCUT2D eigenvalue weighted by Gasteiger charge is 2.29. The molecule has 0 radical (unpaired) electrons. The first-order valence-electron chi connectivity index (χ1n) is 7.11. The molecule has 0 spiro atoms. The van der Waals surface area contributed by atoms with Crippen molar-refractivity contribution < 1.29 is 9.13 Å². The number of thiophene rings is 1. The van der Waals surface area contributed by atoms with Crippen molar-refractivity contribution in [3.8, 4) is 0 Å². The monoisotopic (exact) mass is 307 g/mol. The van der Waals surface area contributed by atoms with Gasteiger partial charge >= 0.3 is 0 Å². The number of nitrogens with zero attached hydrogens (tertiary/aromatic N) is 3. The van der Waals surface area contributed by atoms with Crippen molar-refractivity contribution in [2.45, 2.75) is 32.5 Å². The summed E-state index contributed by atoms with van der Waals surface area (Å²) in [6.45, 7) is 5.15. The molecule has 4 nitrogen and oxygen atoms in total. The molecule has 3 rings (SSSR count). The zero-order chi connectivity index (χ0) is 14.8. The Morgan fingerprint density at radius 1 is 1.43 bits per heavy atom. The third kappa shape index (κ3) is 2.91. The first-order chi connectivity index (χ1) is 10.2. The quantitative estimate of drug-likeness (QED) is 0.873. The maximum atomic E-state index is 14.4. The van der Waals surface area contributed by atoms with Crippen LogP contribution in [0.5, 0.6) is 0 Å². The summed E-state index contributed by atoms with van der Waals surface area (Å²) >= 11 is 1.64. The van der Waals surface area contributed by atoms with Crippen molar-refractivity contribution in [1.82, 2.24) is 9.97 Å². The summed E-state index contributed by atoms with van der Waals surface area (Å²) < 4.78 is 20.4. The van der Waals surface area contributed by atoms with Gasteiger partial charge in [0.05, 0.1) is 18.3 Å². The standard InChI is InChI=1S/C15H18FN3OS/c1-3-12-14(16)15(18-9-17-12)19-6-10(2)20-13(7-19)11-4-5-21-8-11/h4-5,8-10,13H,3,6-7H2,1-2H3/t10-,13+/m1/s1. The molecule has 1 aliphatic heterocycles. The van der Waals surface area contributed by atoms with E-state index in [0.29, 0.717) is 31.0 Å². The molecule has 2 atom stereocenters. The first kappa shape index (κ1) is 14.4. The molecule has 1 saturated heterocycles. The Bertz CT molecular complexity index is 605. The molecule has 6 heteroatoms. The number of halogens is 1. The number of hydrogen-bond acceptors (Lipinski definition) is 5. The molecule has 0 aliphatic carbocycles. The summed E-state index contributed by atoms with van der Waals surface area (Å²) in [4.78, 5) is 10.1. The predicted molar refractivity (Wildman–Crippen MR) is 81.2 cm³/mol. The van der Waals surface area contributed by atoms with Gasteiger partial charge in [0.25, 0.3) is 0 Å². The summed E-state index contributed by atoms with van der Waals surface area (Å²) in [5.41, 5.74) is 1.60. The molecule has 3 heterocycles. The smallest absolute Gasteiger partial charge is 0.187 e. The second-order valence-electron chi connectivity index (χ2n) is 5.21. The average molecular weight is 307 g/mol. The SMILES string of the molecule is CCc1ncnc(N2C[C@@H](C)O[C@H](c3ccsc3)C2)c1F. The summed E-state index contributed by atoms with van der Waals surface area (Å²) in [6.07, 6.45) is 1.99. The van der Waals surface area contributed by atoms with Crippen molar-refractivity contribution in [2.75, 3.05) is 18.0 Å². The van der Waals surface area contributed by atoms with Gasteiger partial charge < -0.3 is 9.64 Å². The lowest BCUT2D eigenvalue weighted by atomic mass is 10.1. The van der Waals surface area contributed by atoms with Crippen molar-refractivity contribution in [3.63, 3.8) is 0 Å². The lowest BCUT2D eigenvalue weighted by Gasteiger charge is -2.37. The van der Waals surface area contributed by atoms with Gasteiger partial charge in [0.1, 0.15) is 12.4 Å². The third-order valence-corrected chi connectivity index (χ3v) is 4.35. The first-order valence-corrected chi connectivity index (χ1v) is 8.05. The van der Waals surface area contributed by atoms with E-state index < -0.39 is 0 Å². The largest absolute Gasteiger partial charge is 0.367 e. The van der Waals surface area contributed by atoms with Gasteiger partial charge in [0.2, 0.25) is 0 Å². The van der Waals surface area contributed by atoms with Gasteiger partial charge in [-0.05, 0) is 35.7 Å². The van der Waals surface area contributed by atoms with Crippen LogP contribution in [0.2, 0.25) is 0 Å². The van der Waals surface area contributed by atoms with E-state index in [2.05, 4.69) is 21.4 Å². The molecular formula is C15H18FN3OS. The topological polar surface area (TPSA) is 38.2 Å². The van der Waals surface area contributed by atoms with E-state index in [0.717, 1.165) is 5.56 Å². The van der Waals surface area contributed by atoms with E-state index in [9.17, 15) is 4.39 Å². The molecule has 1 aliphatic rings. The molecule has 0 bridgehead atoms. The molecule has 0 unspecified atom stereocenters. The summed E-state index contributed by atoms with van der Waals surface area (Å²) in [5, 5.41) is 4.11. The average Bonchev–Trinajstić information content (AvgIpc) is 3.01. The van der Waals surface area contributed by atoms with E-state index in [1.165, 1.54) is 6.33 Å². The minimum Gasteiger partial charge on any atom is -0.367 e.